The van der Waals surface area contributed by atoms with E-state index in [2.05, 4.69) is 16.0 Å². The maximum atomic E-state index is 12.5. The molecule has 0 spiro atoms. The van der Waals surface area contributed by atoms with E-state index in [-0.39, 0.29) is 12.6 Å². The maximum Gasteiger partial charge on any atom is 0.319 e. The van der Waals surface area contributed by atoms with Crippen LogP contribution in [0.1, 0.15) is 55.5 Å². The summed E-state index contributed by atoms with van der Waals surface area (Å²) in [7, 11) is 0. The fraction of sp³-hybridized carbons (Fsp3) is 0.435. The predicted octanol–water partition coefficient (Wildman–Crippen LogP) is 4.75. The third kappa shape index (κ3) is 4.88. The van der Waals surface area contributed by atoms with Crippen LogP contribution < -0.4 is 5.32 Å². The van der Waals surface area contributed by atoms with Crippen LogP contribution in [-0.2, 0) is 14.3 Å². The number of nitrogens with one attached hydrogen (secondary N) is 1. The summed E-state index contributed by atoms with van der Waals surface area (Å²) >= 11 is 1.38. The van der Waals surface area contributed by atoms with Crippen molar-refractivity contribution >= 4 is 29.5 Å². The molecule has 1 N–H and O–H groups in total. The summed E-state index contributed by atoms with van der Waals surface area (Å²) in [6, 6.07) is 12.1. The zero-order valence-electron chi connectivity index (χ0n) is 17.6. The lowest BCUT2D eigenvalue weighted by Gasteiger charge is -2.19. The number of ether oxygens (including phenoxy) is 1. The molecule has 30 heavy (non-hydrogen) atoms. The van der Waals surface area contributed by atoms with Crippen LogP contribution in [0.4, 0.5) is 5.82 Å². The first-order valence-electron chi connectivity index (χ1n) is 10.2. The summed E-state index contributed by atoms with van der Waals surface area (Å²) in [6.07, 6.45) is 4.36. The molecule has 0 saturated heterocycles. The smallest absolute Gasteiger partial charge is 0.319 e. The standard InChI is InChI=1S/C23H27N3O3S/c1-15-16(2)26(18-9-7-8-10-18)22(20(15)13-24)25-21(27)14-29-23(28)17(3)30-19-11-5-4-6-12-19/h4-6,11-12,17-18H,7-10,14H2,1-3H3,(H,25,27). The third-order valence-corrected chi connectivity index (χ3v) is 6.64. The molecule has 1 aromatic carbocycles. The van der Waals surface area contributed by atoms with Crippen LogP contribution in [0, 0.1) is 25.2 Å². The van der Waals surface area contributed by atoms with Gasteiger partial charge in [0.1, 0.15) is 17.1 Å². The molecule has 1 amide bonds. The highest BCUT2D eigenvalue weighted by Crippen LogP contribution is 2.37. The normalized spacial score (nSPS) is 14.9. The number of amides is 1. The summed E-state index contributed by atoms with van der Waals surface area (Å²) in [5.74, 6) is -0.362. The Morgan fingerprint density at radius 2 is 1.93 bits per heavy atom. The summed E-state index contributed by atoms with van der Waals surface area (Å²) in [4.78, 5) is 25.8. The zero-order valence-corrected chi connectivity index (χ0v) is 18.4. The van der Waals surface area contributed by atoms with Gasteiger partial charge in [-0.05, 0) is 51.3 Å². The number of hydrogen-bond donors (Lipinski definition) is 1. The van der Waals surface area contributed by atoms with E-state index < -0.39 is 17.1 Å². The maximum absolute atomic E-state index is 12.5. The molecule has 1 heterocycles. The molecule has 1 aliphatic rings. The fourth-order valence-corrected chi connectivity index (χ4v) is 4.77. The quantitative estimate of drug-likeness (QED) is 0.511. The van der Waals surface area contributed by atoms with Crippen molar-refractivity contribution in [3.8, 4) is 6.07 Å². The van der Waals surface area contributed by atoms with Crippen molar-refractivity contribution in [3.63, 3.8) is 0 Å². The van der Waals surface area contributed by atoms with Crippen molar-refractivity contribution in [1.29, 1.82) is 5.26 Å². The highest BCUT2D eigenvalue weighted by atomic mass is 32.2. The Kier molecular flexibility index (Phi) is 7.22. The number of nitriles is 1. The van der Waals surface area contributed by atoms with Crippen LogP contribution in [-0.4, -0.2) is 28.3 Å². The molecule has 2 aromatic rings. The van der Waals surface area contributed by atoms with Crippen molar-refractivity contribution in [1.82, 2.24) is 4.57 Å². The van der Waals surface area contributed by atoms with Gasteiger partial charge in [0.2, 0.25) is 0 Å². The van der Waals surface area contributed by atoms with Crippen molar-refractivity contribution in [2.24, 2.45) is 0 Å². The Hall–Kier alpha value is -2.72. The first-order chi connectivity index (χ1) is 14.4. The number of benzene rings is 1. The topological polar surface area (TPSA) is 84.1 Å². The Morgan fingerprint density at radius 3 is 2.57 bits per heavy atom. The van der Waals surface area contributed by atoms with Gasteiger partial charge >= 0.3 is 5.97 Å². The van der Waals surface area contributed by atoms with Gasteiger partial charge < -0.3 is 14.6 Å². The van der Waals surface area contributed by atoms with Gasteiger partial charge in [-0.15, -0.1) is 11.8 Å². The van der Waals surface area contributed by atoms with E-state index in [1.807, 2.05) is 44.2 Å². The average Bonchev–Trinajstić information content (AvgIpc) is 3.34. The monoisotopic (exact) mass is 425 g/mol. The molecule has 1 atom stereocenters. The fourth-order valence-electron chi connectivity index (χ4n) is 3.88. The van der Waals surface area contributed by atoms with Crippen LogP contribution in [0.15, 0.2) is 35.2 Å². The summed E-state index contributed by atoms with van der Waals surface area (Å²) in [5, 5.41) is 12.0. The van der Waals surface area contributed by atoms with Gasteiger partial charge in [0, 0.05) is 16.6 Å². The first kappa shape index (κ1) is 22.0. The van der Waals surface area contributed by atoms with E-state index in [9.17, 15) is 14.9 Å². The van der Waals surface area contributed by atoms with Gasteiger partial charge in [0.15, 0.2) is 6.61 Å². The molecule has 0 bridgehead atoms. The third-order valence-electron chi connectivity index (χ3n) is 5.55. The predicted molar refractivity (Wildman–Crippen MR) is 117 cm³/mol. The summed E-state index contributed by atoms with van der Waals surface area (Å²) < 4.78 is 7.30. The van der Waals surface area contributed by atoms with Crippen LogP contribution >= 0.6 is 11.8 Å². The summed E-state index contributed by atoms with van der Waals surface area (Å²) in [5.41, 5.74) is 2.36. The highest BCUT2D eigenvalue weighted by molar-refractivity contribution is 8.00. The summed E-state index contributed by atoms with van der Waals surface area (Å²) in [6.45, 7) is 5.26. The van der Waals surface area contributed by atoms with Gasteiger partial charge in [-0.25, -0.2) is 0 Å². The number of rotatable bonds is 7. The minimum absolute atomic E-state index is 0.283. The molecule has 0 radical (unpaired) electrons. The molecule has 3 rings (SSSR count). The average molecular weight is 426 g/mol. The van der Waals surface area contributed by atoms with Crippen LogP contribution in [0.5, 0.6) is 0 Å². The van der Waals surface area contributed by atoms with E-state index in [4.69, 9.17) is 4.74 Å². The Labute approximate surface area is 181 Å². The number of carbonyl (C=O) groups is 2. The van der Waals surface area contributed by atoms with E-state index >= 15 is 0 Å². The van der Waals surface area contributed by atoms with Crippen LogP contribution in [0.2, 0.25) is 0 Å². The Bertz CT molecular complexity index is 956. The van der Waals surface area contributed by atoms with Gasteiger partial charge in [-0.2, -0.15) is 5.26 Å². The van der Waals surface area contributed by atoms with E-state index in [1.165, 1.54) is 11.8 Å². The number of aromatic nitrogens is 1. The molecule has 0 aliphatic heterocycles. The molecule has 1 aromatic heterocycles. The SMILES string of the molecule is Cc1c(C#N)c(NC(=O)COC(=O)C(C)Sc2ccccc2)n(C2CCCC2)c1C. The molecule has 1 unspecified atom stereocenters. The van der Waals surface area contributed by atoms with Crippen LogP contribution in [0.25, 0.3) is 0 Å². The number of thioether (sulfide) groups is 1. The first-order valence-corrected chi connectivity index (χ1v) is 11.1. The molecule has 1 saturated carbocycles. The van der Waals surface area contributed by atoms with Crippen molar-refractivity contribution < 1.29 is 14.3 Å². The second-order valence-electron chi connectivity index (χ2n) is 7.58. The Morgan fingerprint density at radius 1 is 1.27 bits per heavy atom. The Balaban J connectivity index is 1.64. The van der Waals surface area contributed by atoms with E-state index in [0.29, 0.717) is 11.4 Å². The molecule has 1 aliphatic carbocycles. The lowest BCUT2D eigenvalue weighted by atomic mass is 10.2. The van der Waals surface area contributed by atoms with Crippen LogP contribution in [0.3, 0.4) is 0 Å². The minimum Gasteiger partial charge on any atom is -0.455 e. The van der Waals surface area contributed by atoms with Gasteiger partial charge in [-0.3, -0.25) is 9.59 Å². The molecular weight excluding hydrogens is 398 g/mol. The second kappa shape index (κ2) is 9.86. The number of anilines is 1. The van der Waals surface area contributed by atoms with Crippen molar-refractivity contribution in [2.45, 2.75) is 62.6 Å². The lowest BCUT2D eigenvalue weighted by Crippen LogP contribution is -2.26. The number of hydrogen-bond acceptors (Lipinski definition) is 5. The van der Waals surface area contributed by atoms with Crippen molar-refractivity contribution in [3.05, 3.63) is 47.2 Å². The van der Waals surface area contributed by atoms with Gasteiger partial charge in [0.25, 0.3) is 5.91 Å². The number of carbonyl (C=O) groups excluding carboxylic acids is 2. The van der Waals surface area contributed by atoms with Gasteiger partial charge in [-0.1, -0.05) is 31.0 Å². The van der Waals surface area contributed by atoms with E-state index in [0.717, 1.165) is 41.8 Å². The van der Waals surface area contributed by atoms with Gasteiger partial charge in [0.05, 0.1) is 5.56 Å². The molecular formula is C23H27N3O3S. The minimum atomic E-state index is -0.446. The van der Waals surface area contributed by atoms with Crippen molar-refractivity contribution in [2.75, 3.05) is 11.9 Å². The number of nitrogens with zero attached hydrogens (tertiary/aromatic N) is 2. The second-order valence-corrected chi connectivity index (χ2v) is 9.00. The number of esters is 1. The largest absolute Gasteiger partial charge is 0.455 e. The molecule has 1 fully saturated rings. The van der Waals surface area contributed by atoms with E-state index in [1.54, 1.807) is 6.92 Å². The highest BCUT2D eigenvalue weighted by Gasteiger charge is 2.27. The molecule has 7 heteroatoms. The zero-order chi connectivity index (χ0) is 21.7. The molecule has 6 nitrogen and oxygen atoms in total. The lowest BCUT2D eigenvalue weighted by molar-refractivity contribution is -0.146. The molecule has 158 valence electrons.